The third-order valence-electron chi connectivity index (χ3n) is 2.53. The first-order valence-electron chi connectivity index (χ1n) is 6.20. The first-order valence-corrected chi connectivity index (χ1v) is 6.73. The van der Waals surface area contributed by atoms with E-state index in [1.54, 1.807) is 13.1 Å². The minimum absolute atomic E-state index is 0.122. The quantitative estimate of drug-likeness (QED) is 0.568. The lowest BCUT2D eigenvalue weighted by Gasteiger charge is -2.12. The second kappa shape index (κ2) is 7.84. The van der Waals surface area contributed by atoms with Gasteiger partial charge in [0.2, 0.25) is 5.43 Å². The van der Waals surface area contributed by atoms with Gasteiger partial charge in [0.25, 0.3) is 0 Å². The van der Waals surface area contributed by atoms with Crippen molar-refractivity contribution < 1.29 is 14.3 Å². The predicted molar refractivity (Wildman–Crippen MR) is 72.7 cm³/mol. The second-order valence-corrected chi connectivity index (χ2v) is 4.08. The Morgan fingerprint density at radius 1 is 1.42 bits per heavy atom. The maximum atomic E-state index is 11.8. The number of rotatable bonds is 7. The minimum Gasteiger partial charge on any atom is -0.487 e. The highest BCUT2D eigenvalue weighted by molar-refractivity contribution is 6.16. The summed E-state index contributed by atoms with van der Waals surface area (Å²) in [5.74, 6) is 0.155. The normalized spacial score (nSPS) is 10.3. The van der Waals surface area contributed by atoms with Crippen molar-refractivity contribution in [2.24, 2.45) is 0 Å². The topological polar surface area (TPSA) is 57.5 Å². The van der Waals surface area contributed by atoms with Crippen LogP contribution in [0.1, 0.15) is 26.0 Å². The Morgan fingerprint density at radius 2 is 2.16 bits per heavy atom. The molecule has 106 valence electrons. The van der Waals surface area contributed by atoms with E-state index in [0.29, 0.717) is 13.2 Å². The number of hydrogen-bond acceptors (Lipinski definition) is 4. The fourth-order valence-electron chi connectivity index (χ4n) is 1.59. The van der Waals surface area contributed by atoms with Crippen LogP contribution >= 0.6 is 11.6 Å². The zero-order valence-corrected chi connectivity index (χ0v) is 11.9. The fourth-order valence-corrected chi connectivity index (χ4v) is 1.82. The molecule has 0 atom stereocenters. The van der Waals surface area contributed by atoms with Crippen LogP contribution in [0.4, 0.5) is 0 Å². The van der Waals surface area contributed by atoms with Crippen LogP contribution in [0, 0.1) is 0 Å². The van der Waals surface area contributed by atoms with E-state index in [4.69, 9.17) is 21.1 Å². The van der Waals surface area contributed by atoms with E-state index in [0.717, 1.165) is 5.69 Å². The summed E-state index contributed by atoms with van der Waals surface area (Å²) in [4.78, 5) is 22.9. The number of pyridine rings is 1. The fraction of sp³-hybridized carbons (Fsp3) is 0.538. The lowest BCUT2D eigenvalue weighted by atomic mass is 10.3. The Hall–Kier alpha value is -1.49. The van der Waals surface area contributed by atoms with Crippen molar-refractivity contribution in [3.8, 4) is 5.75 Å². The van der Waals surface area contributed by atoms with Gasteiger partial charge in [0.15, 0.2) is 5.75 Å². The van der Waals surface area contributed by atoms with Gasteiger partial charge in [-0.25, -0.2) is 0 Å². The average Bonchev–Trinajstić information content (AvgIpc) is 2.40. The van der Waals surface area contributed by atoms with E-state index in [9.17, 15) is 9.59 Å². The van der Waals surface area contributed by atoms with Gasteiger partial charge in [-0.1, -0.05) is 0 Å². The molecule has 1 aromatic heterocycles. The van der Waals surface area contributed by atoms with Crippen LogP contribution in [0.25, 0.3) is 0 Å². The monoisotopic (exact) mass is 287 g/mol. The summed E-state index contributed by atoms with van der Waals surface area (Å²) in [6.45, 7) is 4.84. The van der Waals surface area contributed by atoms with Gasteiger partial charge in [0.1, 0.15) is 0 Å². The summed E-state index contributed by atoms with van der Waals surface area (Å²) in [5, 5.41) is 0. The Labute approximate surface area is 117 Å². The number of ether oxygens (including phenoxy) is 2. The first-order chi connectivity index (χ1) is 9.12. The summed E-state index contributed by atoms with van der Waals surface area (Å²) in [6.07, 6.45) is 1.74. The van der Waals surface area contributed by atoms with Crippen LogP contribution in [0.3, 0.4) is 0 Å². The third-order valence-corrected chi connectivity index (χ3v) is 2.80. The van der Waals surface area contributed by atoms with Crippen molar-refractivity contribution in [3.63, 3.8) is 0 Å². The van der Waals surface area contributed by atoms with Gasteiger partial charge in [-0.2, -0.15) is 0 Å². The highest BCUT2D eigenvalue weighted by Crippen LogP contribution is 2.09. The Balaban J connectivity index is 2.68. The summed E-state index contributed by atoms with van der Waals surface area (Å²) in [6, 6.07) is 1.45. The average molecular weight is 288 g/mol. The van der Waals surface area contributed by atoms with Gasteiger partial charge < -0.3 is 14.0 Å². The van der Waals surface area contributed by atoms with Crippen LogP contribution < -0.4 is 10.2 Å². The number of alkyl halides is 1. The van der Waals surface area contributed by atoms with E-state index < -0.39 is 0 Å². The number of esters is 1. The molecule has 0 saturated carbocycles. The van der Waals surface area contributed by atoms with Crippen molar-refractivity contribution in [2.45, 2.75) is 32.7 Å². The van der Waals surface area contributed by atoms with Crippen molar-refractivity contribution in [3.05, 3.63) is 28.2 Å². The number of hydrogen-bond donors (Lipinski definition) is 0. The van der Waals surface area contributed by atoms with E-state index in [2.05, 4.69) is 0 Å². The molecule has 0 aliphatic carbocycles. The SMILES string of the molecule is CCOC(=O)CCOc1cn(CC)c(CCl)cc1=O. The molecule has 0 spiro atoms. The molecule has 5 nitrogen and oxygen atoms in total. The summed E-state index contributed by atoms with van der Waals surface area (Å²) in [5.41, 5.74) is 0.510. The van der Waals surface area contributed by atoms with E-state index >= 15 is 0 Å². The molecule has 6 heteroatoms. The molecule has 1 heterocycles. The van der Waals surface area contributed by atoms with Gasteiger partial charge in [-0.05, 0) is 13.8 Å². The molecule has 1 rings (SSSR count). The zero-order chi connectivity index (χ0) is 14.3. The van der Waals surface area contributed by atoms with Crippen molar-refractivity contribution >= 4 is 17.6 Å². The molecule has 0 radical (unpaired) electrons. The van der Waals surface area contributed by atoms with E-state index in [-0.39, 0.29) is 36.1 Å². The summed E-state index contributed by atoms with van der Waals surface area (Å²) < 4.78 is 11.9. The Bertz CT molecular complexity index is 484. The largest absolute Gasteiger partial charge is 0.487 e. The molecule has 19 heavy (non-hydrogen) atoms. The third kappa shape index (κ3) is 4.59. The highest BCUT2D eigenvalue weighted by Gasteiger charge is 2.08. The predicted octanol–water partition coefficient (Wildman–Crippen LogP) is 1.94. The van der Waals surface area contributed by atoms with Gasteiger partial charge >= 0.3 is 5.97 Å². The van der Waals surface area contributed by atoms with Crippen LogP contribution in [-0.4, -0.2) is 23.8 Å². The molecule has 0 aliphatic heterocycles. The molecule has 0 fully saturated rings. The van der Waals surface area contributed by atoms with Crippen molar-refractivity contribution in [1.29, 1.82) is 0 Å². The van der Waals surface area contributed by atoms with E-state index in [1.165, 1.54) is 6.07 Å². The highest BCUT2D eigenvalue weighted by atomic mass is 35.5. The molecular formula is C13H18ClNO4. The zero-order valence-electron chi connectivity index (χ0n) is 11.1. The lowest BCUT2D eigenvalue weighted by molar-refractivity contribution is -0.143. The molecule has 0 amide bonds. The van der Waals surface area contributed by atoms with Crippen LogP contribution in [0.15, 0.2) is 17.1 Å². The number of aromatic nitrogens is 1. The standard InChI is InChI=1S/C13H18ClNO4/c1-3-15-9-12(11(16)7-10(15)8-14)19-6-5-13(17)18-4-2/h7,9H,3-6,8H2,1-2H3. The van der Waals surface area contributed by atoms with Gasteiger partial charge in [-0.3, -0.25) is 9.59 Å². The number of aryl methyl sites for hydroxylation is 1. The minimum atomic E-state index is -0.337. The summed E-state index contributed by atoms with van der Waals surface area (Å²) in [7, 11) is 0. The molecule has 0 N–H and O–H groups in total. The van der Waals surface area contributed by atoms with Gasteiger partial charge in [0.05, 0.1) is 31.7 Å². The van der Waals surface area contributed by atoms with E-state index in [1.807, 2.05) is 11.5 Å². The molecule has 0 aromatic carbocycles. The number of halogens is 1. The number of carbonyl (C=O) groups is 1. The number of nitrogens with zero attached hydrogens (tertiary/aromatic N) is 1. The lowest BCUT2D eigenvalue weighted by Crippen LogP contribution is -2.16. The van der Waals surface area contributed by atoms with Crippen molar-refractivity contribution in [2.75, 3.05) is 13.2 Å². The van der Waals surface area contributed by atoms with Gasteiger partial charge in [0, 0.05) is 18.3 Å². The van der Waals surface area contributed by atoms with Crippen molar-refractivity contribution in [1.82, 2.24) is 4.57 Å². The van der Waals surface area contributed by atoms with Crippen LogP contribution in [0.2, 0.25) is 0 Å². The molecular weight excluding hydrogens is 270 g/mol. The van der Waals surface area contributed by atoms with Gasteiger partial charge in [-0.15, -0.1) is 11.6 Å². The molecule has 0 saturated heterocycles. The Morgan fingerprint density at radius 3 is 2.74 bits per heavy atom. The first kappa shape index (κ1) is 15.6. The van der Waals surface area contributed by atoms with Crippen LogP contribution in [-0.2, 0) is 22.0 Å². The number of carbonyl (C=O) groups excluding carboxylic acids is 1. The Kier molecular flexibility index (Phi) is 6.42. The maximum absolute atomic E-state index is 11.8. The molecule has 0 bridgehead atoms. The molecule has 0 aliphatic rings. The summed E-state index contributed by atoms with van der Waals surface area (Å²) >= 11 is 5.75. The second-order valence-electron chi connectivity index (χ2n) is 3.82. The molecule has 0 unspecified atom stereocenters. The maximum Gasteiger partial charge on any atom is 0.309 e. The molecule has 1 aromatic rings. The van der Waals surface area contributed by atoms with Crippen LogP contribution in [0.5, 0.6) is 5.75 Å². The smallest absolute Gasteiger partial charge is 0.309 e.